The molecule has 2 fully saturated rings. The second-order valence-corrected chi connectivity index (χ2v) is 9.31. The molecule has 2 saturated carbocycles. The molecule has 182 valence electrons. The fourth-order valence-corrected chi connectivity index (χ4v) is 5.12. The molecular weight excluding hydrogens is 446 g/mol. The van der Waals surface area contributed by atoms with E-state index in [9.17, 15) is 4.79 Å². The number of nitrogens with one attached hydrogen (secondary N) is 2. The van der Waals surface area contributed by atoms with Gasteiger partial charge in [-0.15, -0.1) is 0 Å². The molecule has 2 aliphatic carbocycles. The van der Waals surface area contributed by atoms with Crippen LogP contribution < -0.4 is 10.6 Å². The van der Waals surface area contributed by atoms with E-state index in [1.54, 1.807) is 24.9 Å². The molecule has 0 saturated heterocycles. The molecule has 4 heterocycles. The monoisotopic (exact) mass is 475 g/mol. The van der Waals surface area contributed by atoms with E-state index in [0.29, 0.717) is 17.3 Å². The van der Waals surface area contributed by atoms with Gasteiger partial charge in [0.2, 0.25) is 0 Å². The average molecular weight is 476 g/mol. The lowest BCUT2D eigenvalue weighted by molar-refractivity contribution is 0.00731. The molecule has 2 unspecified atom stereocenters. The first kappa shape index (κ1) is 22.0. The van der Waals surface area contributed by atoms with E-state index in [-0.39, 0.29) is 24.2 Å². The minimum absolute atomic E-state index is 0.0110. The van der Waals surface area contributed by atoms with Crippen LogP contribution in [0.25, 0.3) is 27.9 Å². The number of rotatable bonds is 7. The maximum Gasteiger partial charge on any atom is 0.257 e. The lowest BCUT2D eigenvalue weighted by atomic mass is 9.89. The summed E-state index contributed by atoms with van der Waals surface area (Å²) in [6.45, 7) is 0. The summed E-state index contributed by atoms with van der Waals surface area (Å²) in [5.74, 6) is 0.554. The second-order valence-electron chi connectivity index (χ2n) is 9.31. The first-order valence-electron chi connectivity index (χ1n) is 12.0. The summed E-state index contributed by atoms with van der Waals surface area (Å²) >= 11 is 0. The maximum absolute atomic E-state index is 13.1. The molecule has 35 heavy (non-hydrogen) atoms. The van der Waals surface area contributed by atoms with Crippen molar-refractivity contribution < 1.29 is 14.3 Å². The summed E-state index contributed by atoms with van der Waals surface area (Å²) in [6, 6.07) is 6.31. The van der Waals surface area contributed by atoms with Gasteiger partial charge in [0.15, 0.2) is 5.65 Å². The number of methoxy groups -OCH3 is 2. The van der Waals surface area contributed by atoms with Crippen LogP contribution in [0.1, 0.15) is 42.1 Å². The van der Waals surface area contributed by atoms with Crippen molar-refractivity contribution in [1.29, 1.82) is 0 Å². The third-order valence-electron chi connectivity index (χ3n) is 7.47. The molecule has 0 aromatic carbocycles. The van der Waals surface area contributed by atoms with Crippen LogP contribution in [0.15, 0.2) is 36.8 Å². The van der Waals surface area contributed by atoms with Gasteiger partial charge in [0.05, 0.1) is 30.1 Å². The third-order valence-corrected chi connectivity index (χ3v) is 7.47. The molecular formula is C25H29N7O3. The van der Waals surface area contributed by atoms with E-state index in [1.165, 1.54) is 0 Å². The third kappa shape index (κ3) is 3.55. The fourth-order valence-electron chi connectivity index (χ4n) is 5.12. The van der Waals surface area contributed by atoms with E-state index in [2.05, 4.69) is 37.5 Å². The number of fused-ring (bicyclic) bond motifs is 2. The molecule has 0 aliphatic heterocycles. The topological polar surface area (TPSA) is 108 Å². The zero-order chi connectivity index (χ0) is 24.1. The van der Waals surface area contributed by atoms with E-state index >= 15 is 0 Å². The van der Waals surface area contributed by atoms with E-state index in [4.69, 9.17) is 14.5 Å². The number of anilines is 1. The number of hydrogen-bond donors (Lipinski definition) is 2. The highest BCUT2D eigenvalue weighted by atomic mass is 16.5. The minimum Gasteiger partial charge on any atom is -0.381 e. The number of aromatic nitrogens is 5. The number of ether oxygens (including phenoxy) is 2. The van der Waals surface area contributed by atoms with Crippen molar-refractivity contribution in [3.8, 4) is 11.3 Å². The number of hydrogen-bond acceptors (Lipinski definition) is 7. The van der Waals surface area contributed by atoms with Gasteiger partial charge >= 0.3 is 0 Å². The van der Waals surface area contributed by atoms with Crippen LogP contribution in [-0.4, -0.2) is 69.6 Å². The normalized spacial score (nSPS) is 23.7. The summed E-state index contributed by atoms with van der Waals surface area (Å²) in [5, 5.41) is 11.7. The molecule has 10 heteroatoms. The summed E-state index contributed by atoms with van der Waals surface area (Å²) in [4.78, 5) is 22.7. The molecule has 10 nitrogen and oxygen atoms in total. The van der Waals surface area contributed by atoms with Gasteiger partial charge < -0.3 is 24.7 Å². The molecule has 0 bridgehead atoms. The summed E-state index contributed by atoms with van der Waals surface area (Å²) in [5.41, 5.74) is 3.60. The Hall–Kier alpha value is -3.50. The van der Waals surface area contributed by atoms with E-state index in [0.717, 1.165) is 53.8 Å². The Labute approximate surface area is 202 Å². The zero-order valence-corrected chi connectivity index (χ0v) is 20.1. The number of carbonyl (C=O) groups excluding carboxylic acids is 1. The highest BCUT2D eigenvalue weighted by molar-refractivity contribution is 6.01. The van der Waals surface area contributed by atoms with Gasteiger partial charge in [0.25, 0.3) is 5.91 Å². The van der Waals surface area contributed by atoms with Gasteiger partial charge in [-0.05, 0) is 37.8 Å². The lowest BCUT2D eigenvalue weighted by Gasteiger charge is -2.35. The van der Waals surface area contributed by atoms with Gasteiger partial charge in [0.1, 0.15) is 17.0 Å². The van der Waals surface area contributed by atoms with Crippen LogP contribution >= 0.6 is 0 Å². The SMILES string of the molecule is CNc1cc(-c2cn(C3CC(OC)C3)c3ncccc23)nc2c(C(=O)NC3CCC3OC)cnn12. The highest BCUT2D eigenvalue weighted by Gasteiger charge is 2.34. The standard InChI is InChI=1S/C25H29N7O3/c1-26-22-11-20(18-13-31(14-9-15(10-14)34-2)23-16(18)5-4-8-27-23)29-24-17(12-28-32(22)24)25(33)30-19-6-7-21(19)35-3/h4-5,8,11-15,19,21,26H,6-7,9-10H2,1-3H3,(H,30,33). The molecule has 4 aromatic rings. The van der Waals surface area contributed by atoms with Crippen LogP contribution in [0.2, 0.25) is 0 Å². The number of nitrogens with zero attached hydrogens (tertiary/aromatic N) is 5. The largest absolute Gasteiger partial charge is 0.381 e. The maximum atomic E-state index is 13.1. The highest BCUT2D eigenvalue weighted by Crippen LogP contribution is 2.39. The lowest BCUT2D eigenvalue weighted by Crippen LogP contribution is -2.51. The zero-order valence-electron chi connectivity index (χ0n) is 20.1. The van der Waals surface area contributed by atoms with E-state index < -0.39 is 0 Å². The van der Waals surface area contributed by atoms with Crippen LogP contribution in [0.5, 0.6) is 0 Å². The molecule has 0 radical (unpaired) electrons. The average Bonchev–Trinajstić information content (AvgIpc) is 3.43. The van der Waals surface area contributed by atoms with Gasteiger partial charge in [-0.25, -0.2) is 9.97 Å². The van der Waals surface area contributed by atoms with Crippen molar-refractivity contribution >= 4 is 28.4 Å². The Bertz CT molecular complexity index is 1400. The Morgan fingerprint density at radius 3 is 2.74 bits per heavy atom. The first-order valence-corrected chi connectivity index (χ1v) is 12.0. The molecule has 2 aliphatic rings. The second kappa shape index (κ2) is 8.62. The number of pyridine rings is 1. The smallest absolute Gasteiger partial charge is 0.257 e. The molecule has 2 atom stereocenters. The van der Waals surface area contributed by atoms with Crippen molar-refractivity contribution in [2.45, 2.75) is 50.0 Å². The summed E-state index contributed by atoms with van der Waals surface area (Å²) < 4.78 is 14.8. The Morgan fingerprint density at radius 2 is 2.03 bits per heavy atom. The number of carbonyl (C=O) groups is 1. The van der Waals surface area contributed by atoms with Crippen LogP contribution in [0, 0.1) is 0 Å². The van der Waals surface area contributed by atoms with Gasteiger partial charge in [-0.3, -0.25) is 4.79 Å². The Morgan fingerprint density at radius 1 is 1.17 bits per heavy atom. The van der Waals surface area contributed by atoms with E-state index in [1.807, 2.05) is 25.4 Å². The quantitative estimate of drug-likeness (QED) is 0.423. The van der Waals surface area contributed by atoms with Gasteiger partial charge in [0, 0.05) is 56.7 Å². The van der Waals surface area contributed by atoms with Gasteiger partial charge in [-0.2, -0.15) is 9.61 Å². The van der Waals surface area contributed by atoms with Gasteiger partial charge in [-0.1, -0.05) is 0 Å². The van der Waals surface area contributed by atoms with Crippen molar-refractivity contribution in [2.24, 2.45) is 0 Å². The Kier molecular flexibility index (Phi) is 5.42. The summed E-state index contributed by atoms with van der Waals surface area (Å²) in [6.07, 6.45) is 9.64. The van der Waals surface area contributed by atoms with Crippen LogP contribution in [0.4, 0.5) is 5.82 Å². The summed E-state index contributed by atoms with van der Waals surface area (Å²) in [7, 11) is 5.27. The minimum atomic E-state index is -0.192. The molecule has 0 spiro atoms. The molecule has 2 N–H and O–H groups in total. The predicted molar refractivity (Wildman–Crippen MR) is 132 cm³/mol. The van der Waals surface area contributed by atoms with Crippen molar-refractivity contribution in [3.63, 3.8) is 0 Å². The van der Waals surface area contributed by atoms with Crippen molar-refractivity contribution in [1.82, 2.24) is 29.5 Å². The predicted octanol–water partition coefficient (Wildman–Crippen LogP) is 3.04. The first-order chi connectivity index (χ1) is 17.1. The number of amides is 1. The van der Waals surface area contributed by atoms with Crippen molar-refractivity contribution in [2.75, 3.05) is 26.6 Å². The molecule has 6 rings (SSSR count). The fraction of sp³-hybridized carbons (Fsp3) is 0.440. The van der Waals surface area contributed by atoms with Crippen LogP contribution in [0.3, 0.4) is 0 Å². The Balaban J connectivity index is 1.42. The molecule has 4 aromatic heterocycles. The van der Waals surface area contributed by atoms with Crippen LogP contribution in [-0.2, 0) is 9.47 Å². The van der Waals surface area contributed by atoms with Crippen molar-refractivity contribution in [3.05, 3.63) is 42.4 Å². The molecule has 1 amide bonds.